The maximum Gasteiger partial charge on any atom is 0.305 e. The maximum absolute atomic E-state index is 11.2. The molecule has 0 radical (unpaired) electrons. The molecule has 1 aromatic carbocycles. The normalized spacial score (nSPS) is 19.3. The van der Waals surface area contributed by atoms with Gasteiger partial charge < -0.3 is 19.3 Å². The lowest BCUT2D eigenvalue weighted by Crippen LogP contribution is -2.47. The number of esters is 1. The summed E-state index contributed by atoms with van der Waals surface area (Å²) in [5.41, 5.74) is 2.49. The van der Waals surface area contributed by atoms with Crippen molar-refractivity contribution in [1.82, 2.24) is 0 Å². The van der Waals surface area contributed by atoms with Crippen LogP contribution in [0.4, 0.5) is 11.4 Å². The molecule has 0 atom stereocenters. The van der Waals surface area contributed by atoms with Gasteiger partial charge in [-0.2, -0.15) is 0 Å². The lowest BCUT2D eigenvalue weighted by atomic mass is 9.95. The Hall–Kier alpha value is -1.75. The van der Waals surface area contributed by atoms with E-state index in [-0.39, 0.29) is 5.97 Å². The monoisotopic (exact) mass is 290 g/mol. The molecule has 0 amide bonds. The molecule has 1 aromatic rings. The zero-order chi connectivity index (χ0) is 14.7. The van der Waals surface area contributed by atoms with E-state index in [2.05, 4.69) is 34.1 Å². The lowest BCUT2D eigenvalue weighted by Gasteiger charge is -2.41. The smallest absolute Gasteiger partial charge is 0.305 e. The number of carbonyl (C=O) groups is 1. The van der Waals surface area contributed by atoms with Gasteiger partial charge in [0.05, 0.1) is 26.7 Å². The van der Waals surface area contributed by atoms with Crippen LogP contribution >= 0.6 is 0 Å². The number of anilines is 2. The van der Waals surface area contributed by atoms with Crippen molar-refractivity contribution >= 4 is 17.3 Å². The second kappa shape index (κ2) is 6.35. The highest BCUT2D eigenvalue weighted by Crippen LogP contribution is 2.28. The third kappa shape index (κ3) is 3.29. The van der Waals surface area contributed by atoms with Crippen LogP contribution in [-0.4, -0.2) is 52.5 Å². The van der Waals surface area contributed by atoms with Crippen molar-refractivity contribution in [3.8, 4) is 0 Å². The molecule has 0 spiro atoms. The Bertz CT molecular complexity index is 477. The first-order valence-electron chi connectivity index (χ1n) is 7.51. The number of benzene rings is 1. The van der Waals surface area contributed by atoms with Gasteiger partial charge in [0.25, 0.3) is 0 Å². The number of ether oxygens (including phenoxy) is 2. The predicted octanol–water partition coefficient (Wildman–Crippen LogP) is 1.52. The first-order valence-corrected chi connectivity index (χ1v) is 7.51. The van der Waals surface area contributed by atoms with Gasteiger partial charge in [0.1, 0.15) is 0 Å². The van der Waals surface area contributed by atoms with E-state index in [0.717, 1.165) is 39.4 Å². The summed E-state index contributed by atoms with van der Waals surface area (Å²) in [6, 6.07) is 8.68. The number of carbonyl (C=O) groups excluding carboxylic acids is 1. The fourth-order valence-electron chi connectivity index (χ4n) is 2.92. The van der Waals surface area contributed by atoms with Crippen LogP contribution < -0.4 is 9.80 Å². The molecule has 21 heavy (non-hydrogen) atoms. The van der Waals surface area contributed by atoms with Crippen molar-refractivity contribution in [2.45, 2.75) is 6.42 Å². The van der Waals surface area contributed by atoms with Crippen molar-refractivity contribution < 1.29 is 14.3 Å². The maximum atomic E-state index is 11.2. The van der Waals surface area contributed by atoms with Crippen LogP contribution in [0.3, 0.4) is 0 Å². The summed E-state index contributed by atoms with van der Waals surface area (Å²) in [6.07, 6.45) is 0.527. The molecule has 3 rings (SSSR count). The summed E-state index contributed by atoms with van der Waals surface area (Å²) in [6.45, 7) is 5.42. The van der Waals surface area contributed by atoms with Crippen LogP contribution in [0.1, 0.15) is 6.42 Å². The van der Waals surface area contributed by atoms with Gasteiger partial charge in [-0.1, -0.05) is 0 Å². The van der Waals surface area contributed by atoms with Crippen molar-refractivity contribution in [3.05, 3.63) is 24.3 Å². The van der Waals surface area contributed by atoms with Gasteiger partial charge in [0.2, 0.25) is 0 Å². The molecule has 0 N–H and O–H groups in total. The van der Waals surface area contributed by atoms with Crippen LogP contribution in [0.25, 0.3) is 0 Å². The Morgan fingerprint density at radius 1 is 1.14 bits per heavy atom. The quantitative estimate of drug-likeness (QED) is 0.787. The van der Waals surface area contributed by atoms with Crippen LogP contribution in [0, 0.1) is 5.92 Å². The third-order valence-corrected chi connectivity index (χ3v) is 4.23. The fraction of sp³-hybridized carbons (Fsp3) is 0.562. The van der Waals surface area contributed by atoms with Crippen molar-refractivity contribution in [2.24, 2.45) is 5.92 Å². The van der Waals surface area contributed by atoms with Gasteiger partial charge >= 0.3 is 5.97 Å². The zero-order valence-corrected chi connectivity index (χ0v) is 12.5. The Kier molecular flexibility index (Phi) is 4.29. The standard InChI is InChI=1S/C16H22N2O3/c1-20-16(19)10-13-11-18(12-13)15-4-2-14(3-5-15)17-6-8-21-9-7-17/h2-5,13H,6-12H2,1H3. The summed E-state index contributed by atoms with van der Waals surface area (Å²) in [4.78, 5) is 15.9. The van der Waals surface area contributed by atoms with Gasteiger partial charge in [-0.05, 0) is 24.3 Å². The van der Waals surface area contributed by atoms with Gasteiger partial charge in [-0.3, -0.25) is 4.79 Å². The van der Waals surface area contributed by atoms with Crippen LogP contribution in [0.5, 0.6) is 0 Å². The molecular weight excluding hydrogens is 268 g/mol. The summed E-state index contributed by atoms with van der Waals surface area (Å²) in [5, 5.41) is 0. The average Bonchev–Trinajstić information content (AvgIpc) is 2.51. The van der Waals surface area contributed by atoms with Crippen molar-refractivity contribution in [3.63, 3.8) is 0 Å². The molecular formula is C16H22N2O3. The van der Waals surface area contributed by atoms with Crippen LogP contribution in [-0.2, 0) is 14.3 Å². The topological polar surface area (TPSA) is 42.0 Å². The number of hydrogen-bond donors (Lipinski definition) is 0. The Morgan fingerprint density at radius 2 is 1.71 bits per heavy atom. The van der Waals surface area contributed by atoms with E-state index in [1.807, 2.05) is 0 Å². The molecule has 2 aliphatic heterocycles. The Morgan fingerprint density at radius 3 is 2.29 bits per heavy atom. The zero-order valence-electron chi connectivity index (χ0n) is 12.5. The van der Waals surface area contributed by atoms with E-state index in [1.54, 1.807) is 0 Å². The summed E-state index contributed by atoms with van der Waals surface area (Å²) < 4.78 is 10.1. The lowest BCUT2D eigenvalue weighted by molar-refractivity contribution is -0.141. The molecule has 0 aliphatic carbocycles. The molecule has 0 saturated carbocycles. The van der Waals surface area contributed by atoms with Crippen molar-refractivity contribution in [2.75, 3.05) is 56.3 Å². The van der Waals surface area contributed by atoms with Crippen molar-refractivity contribution in [1.29, 1.82) is 0 Å². The van der Waals surface area contributed by atoms with E-state index in [4.69, 9.17) is 9.47 Å². The summed E-state index contributed by atoms with van der Waals surface area (Å²) in [7, 11) is 1.45. The highest BCUT2D eigenvalue weighted by Gasteiger charge is 2.29. The van der Waals surface area contributed by atoms with E-state index < -0.39 is 0 Å². The minimum atomic E-state index is -0.109. The SMILES string of the molecule is COC(=O)CC1CN(c2ccc(N3CCOCC3)cc2)C1. The van der Waals surface area contributed by atoms with Gasteiger partial charge in [0.15, 0.2) is 0 Å². The number of nitrogens with zero attached hydrogens (tertiary/aromatic N) is 2. The molecule has 5 nitrogen and oxygen atoms in total. The Balaban J connectivity index is 1.52. The molecule has 0 unspecified atom stereocenters. The molecule has 2 saturated heterocycles. The van der Waals surface area contributed by atoms with Gasteiger partial charge in [-0.15, -0.1) is 0 Å². The molecule has 0 bridgehead atoms. The fourth-order valence-corrected chi connectivity index (χ4v) is 2.92. The van der Waals surface area contributed by atoms with E-state index in [0.29, 0.717) is 12.3 Å². The molecule has 2 aliphatic rings. The third-order valence-electron chi connectivity index (χ3n) is 4.23. The molecule has 5 heteroatoms. The van der Waals surface area contributed by atoms with E-state index >= 15 is 0 Å². The number of methoxy groups -OCH3 is 1. The second-order valence-electron chi connectivity index (χ2n) is 5.67. The summed E-state index contributed by atoms with van der Waals surface area (Å²) in [5.74, 6) is 0.318. The number of rotatable bonds is 4. The highest BCUT2D eigenvalue weighted by molar-refractivity contribution is 5.70. The van der Waals surface area contributed by atoms with E-state index in [1.165, 1.54) is 18.5 Å². The van der Waals surface area contributed by atoms with Crippen LogP contribution in [0.15, 0.2) is 24.3 Å². The first-order chi connectivity index (χ1) is 10.3. The minimum absolute atomic E-state index is 0.109. The largest absolute Gasteiger partial charge is 0.469 e. The molecule has 0 aromatic heterocycles. The Labute approximate surface area is 125 Å². The van der Waals surface area contributed by atoms with Gasteiger partial charge in [0, 0.05) is 43.5 Å². The molecule has 2 heterocycles. The molecule has 2 fully saturated rings. The van der Waals surface area contributed by atoms with Gasteiger partial charge in [-0.25, -0.2) is 0 Å². The number of hydrogen-bond acceptors (Lipinski definition) is 5. The summed E-state index contributed by atoms with van der Waals surface area (Å²) >= 11 is 0. The first kappa shape index (κ1) is 14.2. The second-order valence-corrected chi connectivity index (χ2v) is 5.67. The predicted molar refractivity (Wildman–Crippen MR) is 81.8 cm³/mol. The van der Waals surface area contributed by atoms with E-state index in [9.17, 15) is 4.79 Å². The number of morpholine rings is 1. The minimum Gasteiger partial charge on any atom is -0.469 e. The molecule has 114 valence electrons. The van der Waals surface area contributed by atoms with Crippen LogP contribution in [0.2, 0.25) is 0 Å². The average molecular weight is 290 g/mol. The highest BCUT2D eigenvalue weighted by atomic mass is 16.5.